The molecule has 0 aromatic heterocycles. The maximum absolute atomic E-state index is 11.4. The Balaban J connectivity index is 2.06. The summed E-state index contributed by atoms with van der Waals surface area (Å²) >= 11 is 3.43. The molecule has 0 aliphatic rings. The minimum absolute atomic E-state index is 0.0961. The normalized spacial score (nSPS) is 9.90. The van der Waals surface area contributed by atoms with Gasteiger partial charge in [0.2, 0.25) is 5.91 Å². The lowest BCUT2D eigenvalue weighted by molar-refractivity contribution is -0.118. The van der Waals surface area contributed by atoms with Crippen LogP contribution in [0.25, 0.3) is 0 Å². The minimum atomic E-state index is -0.204. The lowest BCUT2D eigenvalue weighted by Gasteiger charge is -2.08. The van der Waals surface area contributed by atoms with Crippen LogP contribution >= 0.6 is 15.9 Å². The minimum Gasteiger partial charge on any atom is -0.355 e. The van der Waals surface area contributed by atoms with E-state index < -0.39 is 0 Å². The zero-order valence-electron chi connectivity index (χ0n) is 11.5. The molecular weight excluding hydrogens is 322 g/mol. The highest BCUT2D eigenvalue weighted by Gasteiger charge is 1.99. The van der Waals surface area contributed by atoms with E-state index in [0.29, 0.717) is 19.6 Å². The van der Waals surface area contributed by atoms with Gasteiger partial charge in [-0.15, -0.1) is 0 Å². The van der Waals surface area contributed by atoms with Gasteiger partial charge in [0.05, 0.1) is 0 Å². The molecule has 5 nitrogen and oxygen atoms in total. The molecule has 0 aliphatic heterocycles. The fourth-order valence-corrected chi connectivity index (χ4v) is 2.11. The summed E-state index contributed by atoms with van der Waals surface area (Å²) < 4.78 is 1.07. The summed E-state index contributed by atoms with van der Waals surface area (Å²) in [5.74, 6) is -0.0961. The molecule has 0 bridgehead atoms. The summed E-state index contributed by atoms with van der Waals surface area (Å²) in [5.41, 5.74) is 1.24. The Morgan fingerprint density at radius 1 is 1.10 bits per heavy atom. The van der Waals surface area contributed by atoms with E-state index in [1.165, 1.54) is 12.5 Å². The summed E-state index contributed by atoms with van der Waals surface area (Å²) in [7, 11) is 0. The van der Waals surface area contributed by atoms with Gasteiger partial charge < -0.3 is 16.0 Å². The number of benzene rings is 1. The average molecular weight is 342 g/mol. The number of nitrogens with one attached hydrogen (secondary N) is 3. The molecule has 0 unspecified atom stereocenters. The summed E-state index contributed by atoms with van der Waals surface area (Å²) in [4.78, 5) is 22.0. The number of urea groups is 1. The predicted molar refractivity (Wildman–Crippen MR) is 82.5 cm³/mol. The topological polar surface area (TPSA) is 70.2 Å². The van der Waals surface area contributed by atoms with Crippen molar-refractivity contribution in [2.24, 2.45) is 0 Å². The third kappa shape index (κ3) is 7.78. The molecule has 0 saturated heterocycles. The first-order chi connectivity index (χ1) is 9.58. The highest BCUT2D eigenvalue weighted by atomic mass is 79.9. The van der Waals surface area contributed by atoms with Crippen molar-refractivity contribution in [1.29, 1.82) is 0 Å². The van der Waals surface area contributed by atoms with E-state index in [1.54, 1.807) is 0 Å². The van der Waals surface area contributed by atoms with Crippen LogP contribution in [-0.4, -0.2) is 31.6 Å². The third-order valence-electron chi connectivity index (χ3n) is 2.60. The molecule has 0 spiro atoms. The van der Waals surface area contributed by atoms with Gasteiger partial charge in [0.15, 0.2) is 0 Å². The van der Waals surface area contributed by atoms with E-state index in [-0.39, 0.29) is 11.9 Å². The summed E-state index contributed by atoms with van der Waals surface area (Å²) in [6.07, 6.45) is 1.81. The maximum Gasteiger partial charge on any atom is 0.314 e. The van der Waals surface area contributed by atoms with Crippen molar-refractivity contribution in [3.8, 4) is 0 Å². The summed E-state index contributed by atoms with van der Waals surface area (Å²) in [5, 5.41) is 8.06. The second-order valence-electron chi connectivity index (χ2n) is 4.40. The van der Waals surface area contributed by atoms with Crippen LogP contribution in [0.15, 0.2) is 28.7 Å². The van der Waals surface area contributed by atoms with Crippen molar-refractivity contribution in [3.05, 3.63) is 34.3 Å². The van der Waals surface area contributed by atoms with E-state index in [2.05, 4.69) is 44.0 Å². The van der Waals surface area contributed by atoms with E-state index in [1.807, 2.05) is 12.1 Å². The molecule has 6 heteroatoms. The van der Waals surface area contributed by atoms with Crippen molar-refractivity contribution in [1.82, 2.24) is 16.0 Å². The second-order valence-corrected chi connectivity index (χ2v) is 5.31. The molecule has 0 radical (unpaired) electrons. The van der Waals surface area contributed by atoms with Gasteiger partial charge in [-0.2, -0.15) is 0 Å². The number of carbonyl (C=O) groups excluding carboxylic acids is 2. The molecule has 3 amide bonds. The third-order valence-corrected chi connectivity index (χ3v) is 3.09. The van der Waals surface area contributed by atoms with Crippen molar-refractivity contribution in [3.63, 3.8) is 0 Å². The molecule has 0 saturated carbocycles. The summed E-state index contributed by atoms with van der Waals surface area (Å²) in [6.45, 7) is 2.94. The summed E-state index contributed by atoms with van der Waals surface area (Å²) in [6, 6.07) is 7.93. The van der Waals surface area contributed by atoms with E-state index >= 15 is 0 Å². The Hall–Kier alpha value is -1.56. The van der Waals surface area contributed by atoms with E-state index in [0.717, 1.165) is 17.3 Å². The quantitative estimate of drug-likeness (QED) is 0.662. The van der Waals surface area contributed by atoms with Crippen LogP contribution in [0, 0.1) is 0 Å². The zero-order valence-corrected chi connectivity index (χ0v) is 13.1. The molecular formula is C14H20BrN3O2. The van der Waals surface area contributed by atoms with Crippen LogP contribution in [0.2, 0.25) is 0 Å². The number of aryl methyl sites for hydroxylation is 1. The van der Waals surface area contributed by atoms with Gasteiger partial charge in [-0.1, -0.05) is 28.1 Å². The SMILES string of the molecule is CC(=O)NCCNC(=O)NCCCc1cccc(Br)c1. The van der Waals surface area contributed by atoms with Crippen LogP contribution in [-0.2, 0) is 11.2 Å². The molecule has 0 atom stereocenters. The molecule has 1 aromatic carbocycles. The molecule has 3 N–H and O–H groups in total. The lowest BCUT2D eigenvalue weighted by Crippen LogP contribution is -2.40. The number of carbonyl (C=O) groups is 2. The average Bonchev–Trinajstić information content (AvgIpc) is 2.40. The molecule has 1 rings (SSSR count). The molecule has 20 heavy (non-hydrogen) atoms. The van der Waals surface area contributed by atoms with Crippen molar-refractivity contribution in [2.75, 3.05) is 19.6 Å². The highest BCUT2D eigenvalue weighted by Crippen LogP contribution is 2.12. The van der Waals surface area contributed by atoms with Crippen LogP contribution in [0.4, 0.5) is 4.79 Å². The number of hydrogen-bond donors (Lipinski definition) is 3. The van der Waals surface area contributed by atoms with Gasteiger partial charge in [-0.25, -0.2) is 4.79 Å². The molecule has 1 aromatic rings. The number of hydrogen-bond acceptors (Lipinski definition) is 2. The van der Waals surface area contributed by atoms with Gasteiger partial charge in [0.1, 0.15) is 0 Å². The first-order valence-corrected chi connectivity index (χ1v) is 7.38. The fourth-order valence-electron chi connectivity index (χ4n) is 1.66. The maximum atomic E-state index is 11.4. The van der Waals surface area contributed by atoms with Gasteiger partial charge in [-0.3, -0.25) is 4.79 Å². The van der Waals surface area contributed by atoms with E-state index in [9.17, 15) is 9.59 Å². The predicted octanol–water partition coefficient (Wildman–Crippen LogP) is 1.82. The molecule has 0 heterocycles. The Morgan fingerprint density at radius 3 is 2.50 bits per heavy atom. The Kier molecular flexibility index (Phi) is 7.72. The zero-order chi connectivity index (χ0) is 14.8. The standard InChI is InChI=1S/C14H20BrN3O2/c1-11(19)16-8-9-18-14(20)17-7-3-5-12-4-2-6-13(15)10-12/h2,4,6,10H,3,5,7-9H2,1H3,(H,16,19)(H2,17,18,20). The van der Waals surface area contributed by atoms with Crippen molar-refractivity contribution < 1.29 is 9.59 Å². The Morgan fingerprint density at radius 2 is 1.80 bits per heavy atom. The lowest BCUT2D eigenvalue weighted by atomic mass is 10.1. The van der Waals surface area contributed by atoms with Crippen LogP contribution in [0.5, 0.6) is 0 Å². The monoisotopic (exact) mass is 341 g/mol. The van der Waals surface area contributed by atoms with Crippen LogP contribution in [0.1, 0.15) is 18.9 Å². The molecule has 0 fully saturated rings. The fraction of sp³-hybridized carbons (Fsp3) is 0.429. The number of rotatable bonds is 7. The molecule has 0 aliphatic carbocycles. The van der Waals surface area contributed by atoms with Gasteiger partial charge in [-0.05, 0) is 30.5 Å². The Bertz CT molecular complexity index is 452. The largest absolute Gasteiger partial charge is 0.355 e. The molecule has 110 valence electrons. The van der Waals surface area contributed by atoms with Gasteiger partial charge in [0, 0.05) is 31.0 Å². The smallest absolute Gasteiger partial charge is 0.314 e. The van der Waals surface area contributed by atoms with Crippen molar-refractivity contribution >= 4 is 27.9 Å². The van der Waals surface area contributed by atoms with Crippen LogP contribution < -0.4 is 16.0 Å². The van der Waals surface area contributed by atoms with Crippen LogP contribution in [0.3, 0.4) is 0 Å². The highest BCUT2D eigenvalue weighted by molar-refractivity contribution is 9.10. The number of halogens is 1. The van der Waals surface area contributed by atoms with Gasteiger partial charge >= 0.3 is 6.03 Å². The van der Waals surface area contributed by atoms with Crippen molar-refractivity contribution in [2.45, 2.75) is 19.8 Å². The first-order valence-electron chi connectivity index (χ1n) is 6.58. The number of amides is 3. The Labute approximate surface area is 127 Å². The van der Waals surface area contributed by atoms with Gasteiger partial charge in [0.25, 0.3) is 0 Å². The first kappa shape index (κ1) is 16.5. The second kappa shape index (κ2) is 9.36. The van der Waals surface area contributed by atoms with E-state index in [4.69, 9.17) is 0 Å².